The summed E-state index contributed by atoms with van der Waals surface area (Å²) in [5, 5.41) is 6.03. The summed E-state index contributed by atoms with van der Waals surface area (Å²) in [5.41, 5.74) is 2.22. The average Bonchev–Trinajstić information content (AvgIpc) is 2.95. The molecule has 0 radical (unpaired) electrons. The van der Waals surface area contributed by atoms with Gasteiger partial charge in [-0.05, 0) is 42.7 Å². The van der Waals surface area contributed by atoms with Gasteiger partial charge in [0.05, 0.1) is 0 Å². The number of hydrogen-bond donors (Lipinski definition) is 2. The van der Waals surface area contributed by atoms with E-state index in [9.17, 15) is 9.59 Å². The minimum absolute atomic E-state index is 0.0480. The van der Waals surface area contributed by atoms with E-state index in [0.29, 0.717) is 17.7 Å². The number of carbonyl (C=O) groups excluding carboxylic acids is 2. The molecule has 1 fully saturated rings. The van der Waals surface area contributed by atoms with Crippen molar-refractivity contribution in [2.75, 3.05) is 0 Å². The van der Waals surface area contributed by atoms with E-state index in [1.807, 2.05) is 30.3 Å². The number of benzene rings is 2. The number of nitrogens with one attached hydrogen (secondary N) is 2. The fourth-order valence-corrected chi connectivity index (χ4v) is 3.35. The molecule has 2 aromatic rings. The van der Waals surface area contributed by atoms with Gasteiger partial charge in [0, 0.05) is 23.7 Å². The van der Waals surface area contributed by atoms with Gasteiger partial charge in [0.15, 0.2) is 0 Å². The molecule has 0 heterocycles. The highest BCUT2D eigenvalue weighted by molar-refractivity contribution is 5.97. The number of carbonyl (C=O) groups is 2. The zero-order valence-electron chi connectivity index (χ0n) is 15.0. The molecule has 1 saturated carbocycles. The van der Waals surface area contributed by atoms with Crippen LogP contribution in [0.5, 0.6) is 0 Å². The highest BCUT2D eigenvalue weighted by atomic mass is 16.2. The van der Waals surface area contributed by atoms with E-state index in [4.69, 9.17) is 0 Å². The van der Waals surface area contributed by atoms with Gasteiger partial charge in [0.1, 0.15) is 0 Å². The monoisotopic (exact) mass is 350 g/mol. The molecule has 0 saturated heterocycles. The fraction of sp³-hybridized carbons (Fsp3) is 0.364. The molecule has 0 aliphatic heterocycles. The first-order chi connectivity index (χ1) is 12.7. The second-order valence-electron chi connectivity index (χ2n) is 6.91. The van der Waals surface area contributed by atoms with Crippen molar-refractivity contribution < 1.29 is 9.59 Å². The van der Waals surface area contributed by atoms with Crippen LogP contribution in [0, 0.1) is 0 Å². The van der Waals surface area contributed by atoms with Crippen molar-refractivity contribution in [2.45, 2.75) is 51.1 Å². The Morgan fingerprint density at radius 2 is 1.35 bits per heavy atom. The normalized spacial score (nSPS) is 15.1. The molecule has 2 amide bonds. The lowest BCUT2D eigenvalue weighted by Crippen LogP contribution is -2.34. The summed E-state index contributed by atoms with van der Waals surface area (Å²) < 4.78 is 0. The van der Waals surface area contributed by atoms with E-state index in [2.05, 4.69) is 10.6 Å². The van der Waals surface area contributed by atoms with Crippen LogP contribution in [0.15, 0.2) is 54.6 Å². The zero-order chi connectivity index (χ0) is 18.2. The van der Waals surface area contributed by atoms with Crippen LogP contribution in [0.4, 0.5) is 0 Å². The maximum absolute atomic E-state index is 12.4. The van der Waals surface area contributed by atoms with Gasteiger partial charge >= 0.3 is 0 Å². The molecule has 3 rings (SSSR count). The minimum Gasteiger partial charge on any atom is -0.349 e. The highest BCUT2D eigenvalue weighted by Crippen LogP contribution is 2.17. The first kappa shape index (κ1) is 18.2. The van der Waals surface area contributed by atoms with Crippen LogP contribution in [-0.2, 0) is 6.54 Å². The summed E-state index contributed by atoms with van der Waals surface area (Å²) in [6, 6.07) is 16.9. The molecule has 136 valence electrons. The quantitative estimate of drug-likeness (QED) is 0.799. The van der Waals surface area contributed by atoms with Crippen LogP contribution in [0.3, 0.4) is 0 Å². The molecule has 0 spiro atoms. The second kappa shape index (κ2) is 9.18. The van der Waals surface area contributed by atoms with Gasteiger partial charge in [0.25, 0.3) is 11.8 Å². The summed E-state index contributed by atoms with van der Waals surface area (Å²) in [6.45, 7) is 0.490. The van der Waals surface area contributed by atoms with Crippen LogP contribution in [0.1, 0.15) is 64.8 Å². The summed E-state index contributed by atoms with van der Waals surface area (Å²) in [5.74, 6) is -0.183. The molecule has 0 unspecified atom stereocenters. The Kier molecular flexibility index (Phi) is 6.42. The fourth-order valence-electron chi connectivity index (χ4n) is 3.35. The Balaban J connectivity index is 1.53. The van der Waals surface area contributed by atoms with Crippen LogP contribution in [0.2, 0.25) is 0 Å². The van der Waals surface area contributed by atoms with Crippen LogP contribution in [0.25, 0.3) is 0 Å². The van der Waals surface area contributed by atoms with Crippen molar-refractivity contribution in [3.63, 3.8) is 0 Å². The van der Waals surface area contributed by atoms with Gasteiger partial charge in [0.2, 0.25) is 0 Å². The Hall–Kier alpha value is -2.62. The smallest absolute Gasteiger partial charge is 0.251 e. The summed E-state index contributed by atoms with van der Waals surface area (Å²) in [6.07, 6.45) is 7.02. The summed E-state index contributed by atoms with van der Waals surface area (Å²) in [4.78, 5) is 24.6. The van der Waals surface area contributed by atoms with Crippen LogP contribution < -0.4 is 10.6 Å². The first-order valence-corrected chi connectivity index (χ1v) is 9.45. The number of rotatable bonds is 5. The van der Waals surface area contributed by atoms with Crippen molar-refractivity contribution in [3.05, 3.63) is 71.3 Å². The van der Waals surface area contributed by atoms with Crippen molar-refractivity contribution in [3.8, 4) is 0 Å². The lowest BCUT2D eigenvalue weighted by molar-refractivity contribution is 0.0927. The van der Waals surface area contributed by atoms with Crippen molar-refractivity contribution in [2.24, 2.45) is 0 Å². The Bertz CT molecular complexity index is 718. The Morgan fingerprint density at radius 1 is 0.769 bits per heavy atom. The van der Waals surface area contributed by atoms with Crippen molar-refractivity contribution in [1.82, 2.24) is 10.6 Å². The topological polar surface area (TPSA) is 58.2 Å². The third-order valence-corrected chi connectivity index (χ3v) is 4.90. The molecule has 1 aliphatic carbocycles. The first-order valence-electron chi connectivity index (χ1n) is 9.45. The molecule has 4 heteroatoms. The molecule has 2 aromatic carbocycles. The third-order valence-electron chi connectivity index (χ3n) is 4.90. The Morgan fingerprint density at radius 3 is 1.96 bits per heavy atom. The van der Waals surface area contributed by atoms with E-state index in [1.165, 1.54) is 25.7 Å². The molecule has 0 atom stereocenters. The maximum atomic E-state index is 12.4. The average molecular weight is 350 g/mol. The minimum atomic E-state index is -0.135. The summed E-state index contributed by atoms with van der Waals surface area (Å²) in [7, 11) is 0. The van der Waals surface area contributed by atoms with Crippen LogP contribution in [-0.4, -0.2) is 17.9 Å². The van der Waals surface area contributed by atoms with E-state index in [1.54, 1.807) is 24.3 Å². The lowest BCUT2D eigenvalue weighted by atomic mass is 10.1. The molecule has 4 nitrogen and oxygen atoms in total. The largest absolute Gasteiger partial charge is 0.349 e. The predicted molar refractivity (Wildman–Crippen MR) is 103 cm³/mol. The molecule has 0 bridgehead atoms. The molecule has 26 heavy (non-hydrogen) atoms. The highest BCUT2D eigenvalue weighted by Gasteiger charge is 2.16. The van der Waals surface area contributed by atoms with Gasteiger partial charge in [-0.2, -0.15) is 0 Å². The third kappa shape index (κ3) is 5.19. The molecule has 2 N–H and O–H groups in total. The maximum Gasteiger partial charge on any atom is 0.251 e. The second-order valence-corrected chi connectivity index (χ2v) is 6.91. The van der Waals surface area contributed by atoms with Gasteiger partial charge in [-0.3, -0.25) is 9.59 Å². The molecular weight excluding hydrogens is 324 g/mol. The van der Waals surface area contributed by atoms with Crippen molar-refractivity contribution >= 4 is 11.8 Å². The zero-order valence-corrected chi connectivity index (χ0v) is 15.0. The van der Waals surface area contributed by atoms with E-state index < -0.39 is 0 Å². The number of hydrogen-bond acceptors (Lipinski definition) is 2. The molecule has 0 aromatic heterocycles. The summed E-state index contributed by atoms with van der Waals surface area (Å²) >= 11 is 0. The molecule has 1 aliphatic rings. The van der Waals surface area contributed by atoms with Gasteiger partial charge in [-0.1, -0.05) is 56.0 Å². The van der Waals surface area contributed by atoms with Gasteiger partial charge < -0.3 is 10.6 Å². The Labute approximate surface area is 155 Å². The standard InChI is InChI=1S/C22H26N2O2/c25-21(23-16-17-8-4-3-5-9-17)18-12-14-19(15-13-18)22(26)24-20-10-6-1-2-7-11-20/h3-5,8-9,12-15,20H,1-2,6-7,10-11,16H2,(H,23,25)(H,24,26). The lowest BCUT2D eigenvalue weighted by Gasteiger charge is -2.16. The van der Waals surface area contributed by atoms with Crippen molar-refractivity contribution in [1.29, 1.82) is 0 Å². The number of amides is 2. The SMILES string of the molecule is O=C(NCc1ccccc1)c1ccc(C(=O)NC2CCCCCC2)cc1. The van der Waals surface area contributed by atoms with E-state index in [0.717, 1.165) is 18.4 Å². The van der Waals surface area contributed by atoms with Crippen LogP contribution >= 0.6 is 0 Å². The van der Waals surface area contributed by atoms with E-state index >= 15 is 0 Å². The van der Waals surface area contributed by atoms with Gasteiger partial charge in [-0.25, -0.2) is 0 Å². The van der Waals surface area contributed by atoms with E-state index in [-0.39, 0.29) is 17.9 Å². The van der Waals surface area contributed by atoms with Gasteiger partial charge in [-0.15, -0.1) is 0 Å². The molecular formula is C22H26N2O2. The predicted octanol–water partition coefficient (Wildman–Crippen LogP) is 4.07.